The van der Waals surface area contributed by atoms with Gasteiger partial charge in [0.25, 0.3) is 0 Å². The van der Waals surface area contributed by atoms with Crippen LogP contribution in [0.1, 0.15) is 29.2 Å². The Balaban J connectivity index is 2.30. The van der Waals surface area contributed by atoms with Crippen molar-refractivity contribution in [3.63, 3.8) is 0 Å². The molecule has 0 unspecified atom stereocenters. The first kappa shape index (κ1) is 19.3. The zero-order valence-electron chi connectivity index (χ0n) is 14.8. The molecule has 1 amide bonds. The number of carbonyl (C=O) groups excluding carboxylic acids is 1. The highest BCUT2D eigenvalue weighted by Crippen LogP contribution is 2.31. The van der Waals surface area contributed by atoms with Crippen molar-refractivity contribution in [2.75, 3.05) is 12.2 Å². The normalized spacial score (nSPS) is 10.5. The molecule has 0 saturated heterocycles. The summed E-state index contributed by atoms with van der Waals surface area (Å²) in [5, 5.41) is 10.5. The molecule has 0 heterocycles. The Hall–Kier alpha value is -2.05. The lowest BCUT2D eigenvalue weighted by molar-refractivity contribution is 0.140. The van der Waals surface area contributed by atoms with Gasteiger partial charge in [0.15, 0.2) is 0 Å². The number of amides is 1. The minimum Gasteiger partial charge on any atom is -0.488 e. The maximum absolute atomic E-state index is 11.6. The molecule has 2 aromatic rings. The number of benzene rings is 2. The molecule has 0 radical (unpaired) electrons. The van der Waals surface area contributed by atoms with Crippen molar-refractivity contribution in [3.05, 3.63) is 57.1 Å². The van der Waals surface area contributed by atoms with Gasteiger partial charge in [0.1, 0.15) is 12.4 Å². The Morgan fingerprint density at radius 3 is 2.60 bits per heavy atom. The van der Waals surface area contributed by atoms with Crippen molar-refractivity contribution >= 4 is 27.7 Å². The Labute approximate surface area is 156 Å². The molecule has 0 spiro atoms. The molecule has 0 aromatic heterocycles. The van der Waals surface area contributed by atoms with E-state index in [-0.39, 0.29) is 6.61 Å². The molecule has 0 fully saturated rings. The van der Waals surface area contributed by atoms with E-state index in [0.29, 0.717) is 22.1 Å². The van der Waals surface area contributed by atoms with Gasteiger partial charge in [-0.25, -0.2) is 4.79 Å². The van der Waals surface area contributed by atoms with Gasteiger partial charge in [0.05, 0.1) is 17.3 Å². The number of hydroxylamine groups is 1. The highest BCUT2D eigenvalue weighted by molar-refractivity contribution is 9.10. The van der Waals surface area contributed by atoms with E-state index < -0.39 is 6.09 Å². The molecule has 0 aliphatic heterocycles. The Bertz CT molecular complexity index is 776. The number of carbonyl (C=O) groups is 1. The number of nitrogens with zero attached hydrogens (tertiary/aromatic N) is 1. The second-order valence-corrected chi connectivity index (χ2v) is 6.56. The molecule has 2 aromatic carbocycles. The van der Waals surface area contributed by atoms with Crippen LogP contribution in [-0.2, 0) is 17.8 Å². The van der Waals surface area contributed by atoms with Crippen molar-refractivity contribution in [2.45, 2.75) is 33.8 Å². The maximum Gasteiger partial charge on any atom is 0.438 e. The Morgan fingerprint density at radius 2 is 1.96 bits per heavy atom. The summed E-state index contributed by atoms with van der Waals surface area (Å²) in [5.74, 6) is 0.714. The van der Waals surface area contributed by atoms with Gasteiger partial charge in [-0.15, -0.1) is 0 Å². The van der Waals surface area contributed by atoms with Gasteiger partial charge in [-0.3, -0.25) is 5.21 Å². The third-order valence-corrected chi connectivity index (χ3v) is 4.72. The second kappa shape index (κ2) is 8.36. The van der Waals surface area contributed by atoms with Crippen molar-refractivity contribution in [1.29, 1.82) is 0 Å². The summed E-state index contributed by atoms with van der Waals surface area (Å²) >= 11 is 3.54. The summed E-state index contributed by atoms with van der Waals surface area (Å²) in [6, 6.07) is 9.33. The van der Waals surface area contributed by atoms with E-state index in [2.05, 4.69) is 33.7 Å². The first-order valence-electron chi connectivity index (χ1n) is 7.96. The van der Waals surface area contributed by atoms with Crippen LogP contribution in [-0.4, -0.2) is 18.4 Å². The summed E-state index contributed by atoms with van der Waals surface area (Å²) in [6.45, 7) is 6.26. The van der Waals surface area contributed by atoms with Gasteiger partial charge in [0, 0.05) is 5.56 Å². The van der Waals surface area contributed by atoms with Crippen molar-refractivity contribution in [2.24, 2.45) is 0 Å². The van der Waals surface area contributed by atoms with Crippen molar-refractivity contribution < 1.29 is 19.5 Å². The molecule has 5 nitrogen and oxygen atoms in total. The van der Waals surface area contributed by atoms with Crippen LogP contribution in [0, 0.1) is 13.8 Å². The predicted octanol–water partition coefficient (Wildman–Crippen LogP) is 5.17. The van der Waals surface area contributed by atoms with E-state index in [1.54, 1.807) is 12.1 Å². The molecule has 134 valence electrons. The molecule has 0 bridgehead atoms. The predicted molar refractivity (Wildman–Crippen MR) is 100 cm³/mol. The first-order chi connectivity index (χ1) is 11.9. The molecule has 25 heavy (non-hydrogen) atoms. The number of halogens is 1. The number of hydrogen-bond donors (Lipinski definition) is 1. The lowest BCUT2D eigenvalue weighted by Crippen LogP contribution is -2.28. The highest BCUT2D eigenvalue weighted by Gasteiger charge is 2.19. The summed E-state index contributed by atoms with van der Waals surface area (Å²) in [5.41, 5.74) is 4.36. The zero-order valence-corrected chi connectivity index (χ0v) is 16.4. The average Bonchev–Trinajstić information content (AvgIpc) is 2.61. The largest absolute Gasteiger partial charge is 0.488 e. The van der Waals surface area contributed by atoms with Gasteiger partial charge in [-0.05, 0) is 71.1 Å². The van der Waals surface area contributed by atoms with E-state index in [9.17, 15) is 10.0 Å². The van der Waals surface area contributed by atoms with Crippen LogP contribution in [0.2, 0.25) is 0 Å². The zero-order chi connectivity index (χ0) is 18.6. The first-order valence-corrected chi connectivity index (χ1v) is 8.75. The standard InChI is InChI=1S/C19H22BrNO4/c1-5-14-10-16(20)18(9-13(14)3)25-11-15-12(2)7-6-8-17(15)21(23)19(22)24-4/h6-10,23H,5,11H2,1-4H3. The van der Waals surface area contributed by atoms with Crippen LogP contribution in [0.15, 0.2) is 34.8 Å². The molecule has 0 saturated carbocycles. The number of methoxy groups -OCH3 is 1. The van der Waals surface area contributed by atoms with Gasteiger partial charge in [0.2, 0.25) is 0 Å². The van der Waals surface area contributed by atoms with Gasteiger partial charge >= 0.3 is 6.09 Å². The quantitative estimate of drug-likeness (QED) is 0.548. The molecule has 1 N–H and O–H groups in total. The lowest BCUT2D eigenvalue weighted by Gasteiger charge is -2.20. The third-order valence-electron chi connectivity index (χ3n) is 4.10. The SMILES string of the molecule is CCc1cc(Br)c(OCc2c(C)cccc2N(O)C(=O)OC)cc1C. The maximum atomic E-state index is 11.6. The summed E-state index contributed by atoms with van der Waals surface area (Å²) in [7, 11) is 1.21. The van der Waals surface area contributed by atoms with E-state index in [0.717, 1.165) is 22.0 Å². The van der Waals surface area contributed by atoms with E-state index in [1.165, 1.54) is 12.7 Å². The van der Waals surface area contributed by atoms with Crippen LogP contribution >= 0.6 is 15.9 Å². The van der Waals surface area contributed by atoms with Gasteiger partial charge < -0.3 is 9.47 Å². The smallest absolute Gasteiger partial charge is 0.438 e. The number of aryl methyl sites for hydroxylation is 3. The van der Waals surface area contributed by atoms with Crippen LogP contribution in [0.3, 0.4) is 0 Å². The number of ether oxygens (including phenoxy) is 2. The van der Waals surface area contributed by atoms with Crippen molar-refractivity contribution in [1.82, 2.24) is 0 Å². The lowest BCUT2D eigenvalue weighted by atomic mass is 10.1. The minimum atomic E-state index is -0.851. The van der Waals surface area contributed by atoms with Crippen molar-refractivity contribution in [3.8, 4) is 5.75 Å². The van der Waals surface area contributed by atoms with E-state index >= 15 is 0 Å². The van der Waals surface area contributed by atoms with Crippen LogP contribution in [0.4, 0.5) is 10.5 Å². The molecule has 0 atom stereocenters. The minimum absolute atomic E-state index is 0.208. The van der Waals surface area contributed by atoms with Crippen LogP contribution < -0.4 is 9.80 Å². The number of anilines is 1. The molecule has 2 rings (SSSR count). The summed E-state index contributed by atoms with van der Waals surface area (Å²) < 4.78 is 11.4. The fourth-order valence-electron chi connectivity index (χ4n) is 2.60. The Kier molecular flexibility index (Phi) is 6.45. The topological polar surface area (TPSA) is 59.0 Å². The Morgan fingerprint density at radius 1 is 1.24 bits per heavy atom. The molecular weight excluding hydrogens is 386 g/mol. The monoisotopic (exact) mass is 407 g/mol. The van der Waals surface area contributed by atoms with E-state index in [1.807, 2.05) is 26.0 Å². The summed E-state index contributed by atoms with van der Waals surface area (Å²) in [4.78, 5) is 11.6. The van der Waals surface area contributed by atoms with Gasteiger partial charge in [-0.2, -0.15) is 5.06 Å². The third kappa shape index (κ3) is 4.32. The van der Waals surface area contributed by atoms with Gasteiger partial charge in [-0.1, -0.05) is 19.1 Å². The summed E-state index contributed by atoms with van der Waals surface area (Å²) in [6.07, 6.45) is 0.0989. The highest BCUT2D eigenvalue weighted by atomic mass is 79.9. The fourth-order valence-corrected chi connectivity index (χ4v) is 3.10. The fraction of sp³-hybridized carbons (Fsp3) is 0.316. The second-order valence-electron chi connectivity index (χ2n) is 5.71. The van der Waals surface area contributed by atoms with E-state index in [4.69, 9.17) is 4.74 Å². The average molecular weight is 408 g/mol. The molecular formula is C19H22BrNO4. The molecule has 0 aliphatic rings. The number of rotatable bonds is 5. The molecule has 0 aliphatic carbocycles. The number of hydrogen-bond acceptors (Lipinski definition) is 4. The molecule has 6 heteroatoms. The van der Waals surface area contributed by atoms with Crippen LogP contribution in [0.5, 0.6) is 5.75 Å². The van der Waals surface area contributed by atoms with Crippen LogP contribution in [0.25, 0.3) is 0 Å².